The second kappa shape index (κ2) is 12.1. The number of aliphatic carboxylic acids is 1. The van der Waals surface area contributed by atoms with Gasteiger partial charge in [-0.05, 0) is 69.6 Å². The Kier molecular flexibility index (Phi) is 10.2. The van der Waals surface area contributed by atoms with Crippen LogP contribution in [0.2, 0.25) is 0 Å². The molecule has 0 aliphatic heterocycles. The molecule has 0 fully saturated rings. The van der Waals surface area contributed by atoms with Crippen LogP contribution in [0.1, 0.15) is 149 Å². The summed E-state index contributed by atoms with van der Waals surface area (Å²) < 4.78 is 0. The lowest BCUT2D eigenvalue weighted by atomic mass is 9.64. The molecule has 0 bridgehead atoms. The number of hydrogen-bond donors (Lipinski definition) is 2. The van der Waals surface area contributed by atoms with E-state index >= 15 is 0 Å². The van der Waals surface area contributed by atoms with E-state index in [1.54, 1.807) is 0 Å². The number of benzene rings is 2. The van der Waals surface area contributed by atoms with Gasteiger partial charge >= 0.3 is 5.97 Å². The summed E-state index contributed by atoms with van der Waals surface area (Å²) in [4.78, 5) is 13.2. The average Bonchev–Trinajstić information content (AvgIpc) is 2.90. The van der Waals surface area contributed by atoms with Gasteiger partial charge in [0.25, 0.3) is 0 Å². The molecule has 0 saturated carbocycles. The molecule has 222 valence electrons. The molecule has 0 aliphatic carbocycles. The van der Waals surface area contributed by atoms with Crippen LogP contribution in [0.15, 0.2) is 42.0 Å². The first-order valence-electron chi connectivity index (χ1n) is 15.3. The second-order valence-corrected chi connectivity index (χ2v) is 14.3. The Bertz CT molecular complexity index is 1220. The summed E-state index contributed by atoms with van der Waals surface area (Å²) >= 11 is 0. The molecule has 2 aromatic carbocycles. The second-order valence-electron chi connectivity index (χ2n) is 14.3. The quantitative estimate of drug-likeness (QED) is 0.259. The van der Waals surface area contributed by atoms with Crippen LogP contribution in [0.5, 0.6) is 5.75 Å². The number of carboxylic acid groups (broad SMARTS) is 1. The van der Waals surface area contributed by atoms with Gasteiger partial charge < -0.3 is 10.2 Å². The van der Waals surface area contributed by atoms with E-state index in [4.69, 9.17) is 0 Å². The Morgan fingerprint density at radius 2 is 1.25 bits per heavy atom. The van der Waals surface area contributed by atoms with Crippen molar-refractivity contribution in [3.63, 3.8) is 0 Å². The Labute approximate surface area is 245 Å². The maximum Gasteiger partial charge on any atom is 0.336 e. The van der Waals surface area contributed by atoms with Crippen LogP contribution in [0.4, 0.5) is 0 Å². The summed E-state index contributed by atoms with van der Waals surface area (Å²) in [5.41, 5.74) is 5.23. The van der Waals surface area contributed by atoms with Gasteiger partial charge in [-0.2, -0.15) is 0 Å². The minimum atomic E-state index is -0.893. The van der Waals surface area contributed by atoms with Crippen molar-refractivity contribution in [2.24, 2.45) is 10.8 Å². The summed E-state index contributed by atoms with van der Waals surface area (Å²) in [6, 6.07) is 12.3. The Hall–Kier alpha value is -2.55. The van der Waals surface area contributed by atoms with Crippen molar-refractivity contribution in [1.29, 1.82) is 0 Å². The van der Waals surface area contributed by atoms with Crippen LogP contribution >= 0.6 is 0 Å². The first-order valence-corrected chi connectivity index (χ1v) is 15.3. The Morgan fingerprint density at radius 1 is 0.750 bits per heavy atom. The zero-order valence-corrected chi connectivity index (χ0v) is 27.7. The molecule has 1 atom stereocenters. The molecular formula is C37H56O3. The van der Waals surface area contributed by atoms with E-state index in [0.717, 1.165) is 53.5 Å². The summed E-state index contributed by atoms with van der Waals surface area (Å²) in [7, 11) is 0. The Balaban J connectivity index is 3.04. The van der Waals surface area contributed by atoms with Crippen LogP contribution in [0.3, 0.4) is 0 Å². The number of phenolic OH excluding ortho intramolecular Hbond substituents is 1. The van der Waals surface area contributed by atoms with E-state index in [2.05, 4.69) is 102 Å². The van der Waals surface area contributed by atoms with Gasteiger partial charge in [0.05, 0.1) is 5.57 Å². The molecule has 1 unspecified atom stereocenters. The van der Waals surface area contributed by atoms with Crippen LogP contribution in [0.25, 0.3) is 5.57 Å². The van der Waals surface area contributed by atoms with Crippen molar-refractivity contribution in [2.75, 3.05) is 0 Å². The highest BCUT2D eigenvalue weighted by Gasteiger charge is 2.39. The normalized spacial score (nSPS) is 13.7. The third-order valence-corrected chi connectivity index (χ3v) is 10.2. The van der Waals surface area contributed by atoms with Gasteiger partial charge in [0.1, 0.15) is 5.75 Å². The first kappa shape index (κ1) is 33.7. The number of carboxylic acids is 1. The zero-order valence-electron chi connectivity index (χ0n) is 27.7. The summed E-state index contributed by atoms with van der Waals surface area (Å²) in [5.74, 6) is -0.774. The SMILES string of the molecule is CCC(C)(C)C(=C(C(=O)O)c1ccccc1C(C)c1cc(C(C)(C)CC)cc(C(C)(C)CC)c1O)C(C)(C)CC. The molecular weight excluding hydrogens is 492 g/mol. The van der Waals surface area contributed by atoms with Gasteiger partial charge in [-0.3, -0.25) is 0 Å². The molecule has 0 heterocycles. The highest BCUT2D eigenvalue weighted by Crippen LogP contribution is 2.50. The molecule has 0 aliphatic rings. The van der Waals surface area contributed by atoms with Crippen LogP contribution in [0, 0.1) is 10.8 Å². The molecule has 2 rings (SSSR count). The highest BCUT2D eigenvalue weighted by atomic mass is 16.4. The fraction of sp³-hybridized carbons (Fsp3) is 0.595. The number of allylic oxidation sites excluding steroid dienone is 1. The molecule has 2 aromatic rings. The molecule has 3 heteroatoms. The molecule has 0 saturated heterocycles. The van der Waals surface area contributed by atoms with E-state index < -0.39 is 5.97 Å². The molecule has 0 amide bonds. The van der Waals surface area contributed by atoms with E-state index in [-0.39, 0.29) is 27.6 Å². The summed E-state index contributed by atoms with van der Waals surface area (Å²) in [6.45, 7) is 28.3. The first-order chi connectivity index (χ1) is 18.3. The third-order valence-electron chi connectivity index (χ3n) is 10.2. The fourth-order valence-corrected chi connectivity index (χ4v) is 5.86. The van der Waals surface area contributed by atoms with Gasteiger partial charge in [0.15, 0.2) is 0 Å². The number of phenols is 1. The monoisotopic (exact) mass is 548 g/mol. The van der Waals surface area contributed by atoms with Crippen LogP contribution in [-0.2, 0) is 15.6 Å². The average molecular weight is 549 g/mol. The number of carbonyl (C=O) groups is 1. The van der Waals surface area contributed by atoms with Gasteiger partial charge in [-0.1, -0.05) is 126 Å². The lowest BCUT2D eigenvalue weighted by molar-refractivity contribution is -0.130. The molecule has 0 radical (unpaired) electrons. The maximum absolute atomic E-state index is 13.2. The van der Waals surface area contributed by atoms with Crippen molar-refractivity contribution in [3.05, 3.63) is 69.8 Å². The van der Waals surface area contributed by atoms with Crippen molar-refractivity contribution >= 4 is 11.5 Å². The molecule has 40 heavy (non-hydrogen) atoms. The van der Waals surface area contributed by atoms with Crippen molar-refractivity contribution in [2.45, 2.75) is 132 Å². The number of aromatic hydroxyl groups is 1. The molecule has 0 spiro atoms. The predicted octanol–water partition coefficient (Wildman–Crippen LogP) is 10.6. The number of hydrogen-bond acceptors (Lipinski definition) is 2. The number of rotatable bonds is 12. The standard InChI is InChI=1S/C37H56O3/c1-14-34(6,7)25-22-28(31(38)29(23-25)35(8,9)15-2)24(5)26-20-18-19-21-27(26)30(33(39)40)32(36(10,11)16-3)37(12,13)17-4/h18-24,38H,14-17H2,1-13H3,(H,39,40). The minimum Gasteiger partial charge on any atom is -0.507 e. The Morgan fingerprint density at radius 3 is 1.70 bits per heavy atom. The van der Waals surface area contributed by atoms with Gasteiger partial charge in [0, 0.05) is 17.0 Å². The van der Waals surface area contributed by atoms with Crippen LogP contribution < -0.4 is 0 Å². The fourth-order valence-electron chi connectivity index (χ4n) is 5.86. The lowest BCUT2D eigenvalue weighted by Crippen LogP contribution is -2.30. The maximum atomic E-state index is 13.2. The van der Waals surface area contributed by atoms with Crippen molar-refractivity contribution in [1.82, 2.24) is 0 Å². The zero-order chi connectivity index (χ0) is 30.8. The summed E-state index contributed by atoms with van der Waals surface area (Å²) in [6.07, 6.45) is 3.55. The molecule has 0 aromatic heterocycles. The predicted molar refractivity (Wildman–Crippen MR) is 171 cm³/mol. The topological polar surface area (TPSA) is 57.5 Å². The highest BCUT2D eigenvalue weighted by molar-refractivity contribution is 6.17. The molecule has 2 N–H and O–H groups in total. The van der Waals surface area contributed by atoms with Gasteiger partial charge in [0.2, 0.25) is 0 Å². The molecule has 3 nitrogen and oxygen atoms in total. The lowest BCUT2D eigenvalue weighted by Gasteiger charge is -2.40. The van der Waals surface area contributed by atoms with Gasteiger partial charge in [-0.15, -0.1) is 0 Å². The van der Waals surface area contributed by atoms with Crippen molar-refractivity contribution < 1.29 is 15.0 Å². The van der Waals surface area contributed by atoms with E-state index in [0.29, 0.717) is 11.3 Å². The van der Waals surface area contributed by atoms with Gasteiger partial charge in [-0.25, -0.2) is 4.79 Å². The van der Waals surface area contributed by atoms with Crippen molar-refractivity contribution in [3.8, 4) is 5.75 Å². The third kappa shape index (κ3) is 6.50. The smallest absolute Gasteiger partial charge is 0.336 e. The largest absolute Gasteiger partial charge is 0.507 e. The van der Waals surface area contributed by atoms with Crippen LogP contribution in [-0.4, -0.2) is 16.2 Å². The minimum absolute atomic E-state index is 0.0597. The van der Waals surface area contributed by atoms with E-state index in [1.807, 2.05) is 24.3 Å². The van der Waals surface area contributed by atoms with E-state index in [1.165, 1.54) is 5.56 Å². The summed E-state index contributed by atoms with van der Waals surface area (Å²) in [5, 5.41) is 22.6. The van der Waals surface area contributed by atoms with E-state index in [9.17, 15) is 15.0 Å².